The average Bonchev–Trinajstić information content (AvgIpc) is 3.20. The number of ether oxygens (including phenoxy) is 2. The summed E-state index contributed by atoms with van der Waals surface area (Å²) < 4.78 is 12.6. The number of unbranched alkanes of at least 4 members (excludes halogenated alkanes) is 1. The minimum atomic E-state index is -0.392. The van der Waals surface area contributed by atoms with Gasteiger partial charge in [-0.05, 0) is 62.1 Å². The quantitative estimate of drug-likeness (QED) is 0.353. The molecule has 1 fully saturated rings. The fraction of sp³-hybridized carbons (Fsp3) is 0.409. The van der Waals surface area contributed by atoms with Crippen molar-refractivity contribution >= 4 is 21.9 Å². The molecule has 1 aliphatic heterocycles. The second-order valence-corrected chi connectivity index (χ2v) is 7.62. The van der Waals surface area contributed by atoms with Crippen LogP contribution in [0.4, 0.5) is 0 Å². The first kappa shape index (κ1) is 19.9. The summed E-state index contributed by atoms with van der Waals surface area (Å²) in [7, 11) is 0. The smallest absolute Gasteiger partial charge is 0.347 e. The van der Waals surface area contributed by atoms with Crippen molar-refractivity contribution < 1.29 is 14.3 Å². The van der Waals surface area contributed by atoms with Crippen LogP contribution in [0.5, 0.6) is 11.5 Å². The van der Waals surface area contributed by atoms with E-state index >= 15 is 0 Å². The summed E-state index contributed by atoms with van der Waals surface area (Å²) in [5, 5.41) is 3.52. The van der Waals surface area contributed by atoms with Crippen molar-refractivity contribution in [1.82, 2.24) is 5.32 Å². The molecule has 0 spiro atoms. The van der Waals surface area contributed by atoms with Crippen molar-refractivity contribution in [2.45, 2.75) is 45.6 Å². The third-order valence-electron chi connectivity index (χ3n) is 4.84. The number of carbonyl (C=O) groups is 1. The molecule has 0 radical (unpaired) electrons. The third kappa shape index (κ3) is 4.71. The maximum atomic E-state index is 12.9. The molecule has 144 valence electrons. The van der Waals surface area contributed by atoms with E-state index in [1.54, 1.807) is 12.1 Å². The van der Waals surface area contributed by atoms with Crippen LogP contribution in [0.2, 0.25) is 0 Å². The molecule has 1 atom stereocenters. The van der Waals surface area contributed by atoms with Crippen LogP contribution in [0.1, 0.15) is 60.1 Å². The molecule has 0 amide bonds. The zero-order chi connectivity index (χ0) is 19.2. The van der Waals surface area contributed by atoms with Gasteiger partial charge in [0, 0.05) is 10.5 Å². The number of rotatable bonds is 7. The zero-order valence-corrected chi connectivity index (χ0v) is 17.5. The van der Waals surface area contributed by atoms with E-state index in [0.29, 0.717) is 23.7 Å². The second-order valence-electron chi connectivity index (χ2n) is 6.83. The predicted octanol–water partition coefficient (Wildman–Crippen LogP) is 5.58. The number of hydrogen-bond donors (Lipinski definition) is 1. The van der Waals surface area contributed by atoms with Crippen molar-refractivity contribution in [2.75, 3.05) is 13.2 Å². The Bertz CT molecular complexity index is 786. The molecule has 1 aliphatic rings. The van der Waals surface area contributed by atoms with Crippen LogP contribution in [-0.4, -0.2) is 19.1 Å². The van der Waals surface area contributed by atoms with E-state index in [9.17, 15) is 4.79 Å². The summed E-state index contributed by atoms with van der Waals surface area (Å²) in [6.45, 7) is 5.66. The van der Waals surface area contributed by atoms with Gasteiger partial charge in [0.05, 0.1) is 6.61 Å². The lowest BCUT2D eigenvalue weighted by molar-refractivity contribution is 0.0729. The van der Waals surface area contributed by atoms with Crippen LogP contribution in [0, 0.1) is 6.92 Å². The SMILES string of the molecule is CCCCOc1cc(C2CCCN2)c(Br)c(C)c1C(=O)Oc1ccccc1. The van der Waals surface area contributed by atoms with Crippen molar-refractivity contribution in [3.8, 4) is 11.5 Å². The number of esters is 1. The minimum Gasteiger partial charge on any atom is -0.493 e. The van der Waals surface area contributed by atoms with E-state index < -0.39 is 5.97 Å². The Balaban J connectivity index is 1.96. The summed E-state index contributed by atoms with van der Waals surface area (Å²) in [5.41, 5.74) is 2.49. The summed E-state index contributed by atoms with van der Waals surface area (Å²) in [5.74, 6) is 0.740. The number of para-hydroxylation sites is 1. The standard InChI is InChI=1S/C22H26BrNO3/c1-3-4-13-26-19-14-17(18-11-8-12-24-18)21(23)15(2)20(19)22(25)27-16-9-6-5-7-10-16/h5-7,9-10,14,18,24H,3-4,8,11-13H2,1-2H3. The maximum absolute atomic E-state index is 12.9. The van der Waals surface area contributed by atoms with Gasteiger partial charge in [-0.3, -0.25) is 0 Å². The molecule has 1 unspecified atom stereocenters. The Morgan fingerprint density at radius 3 is 2.74 bits per heavy atom. The van der Waals surface area contributed by atoms with Crippen LogP contribution in [0.25, 0.3) is 0 Å². The van der Waals surface area contributed by atoms with E-state index in [0.717, 1.165) is 47.8 Å². The zero-order valence-electron chi connectivity index (χ0n) is 15.9. The van der Waals surface area contributed by atoms with Gasteiger partial charge in [0.15, 0.2) is 0 Å². The Labute approximate surface area is 169 Å². The average molecular weight is 432 g/mol. The van der Waals surface area contributed by atoms with Crippen molar-refractivity contribution in [3.05, 3.63) is 57.6 Å². The molecule has 0 saturated carbocycles. The number of hydrogen-bond acceptors (Lipinski definition) is 4. The Kier molecular flexibility index (Phi) is 6.91. The Morgan fingerprint density at radius 2 is 2.07 bits per heavy atom. The molecule has 27 heavy (non-hydrogen) atoms. The van der Waals surface area contributed by atoms with Gasteiger partial charge in [-0.1, -0.05) is 47.5 Å². The molecule has 1 saturated heterocycles. The van der Waals surface area contributed by atoms with Gasteiger partial charge in [-0.25, -0.2) is 4.79 Å². The summed E-state index contributed by atoms with van der Waals surface area (Å²) in [6, 6.07) is 11.4. The van der Waals surface area contributed by atoms with E-state index in [1.165, 1.54) is 0 Å². The largest absolute Gasteiger partial charge is 0.493 e. The van der Waals surface area contributed by atoms with E-state index in [4.69, 9.17) is 9.47 Å². The number of halogens is 1. The molecule has 1 N–H and O–H groups in total. The summed E-state index contributed by atoms with van der Waals surface area (Å²) in [4.78, 5) is 12.9. The van der Waals surface area contributed by atoms with Gasteiger partial charge in [0.1, 0.15) is 17.1 Å². The van der Waals surface area contributed by atoms with Crippen LogP contribution < -0.4 is 14.8 Å². The van der Waals surface area contributed by atoms with E-state index in [2.05, 4.69) is 28.2 Å². The van der Waals surface area contributed by atoms with Gasteiger partial charge in [-0.2, -0.15) is 0 Å². The first-order valence-electron chi connectivity index (χ1n) is 9.58. The normalized spacial score (nSPS) is 16.3. The fourth-order valence-corrected chi connectivity index (χ4v) is 3.92. The van der Waals surface area contributed by atoms with Crippen LogP contribution in [0.3, 0.4) is 0 Å². The highest BCUT2D eigenvalue weighted by Crippen LogP contribution is 2.38. The fourth-order valence-electron chi connectivity index (χ4n) is 3.33. The van der Waals surface area contributed by atoms with Gasteiger partial charge < -0.3 is 14.8 Å². The number of nitrogens with one attached hydrogen (secondary N) is 1. The van der Waals surface area contributed by atoms with Crippen LogP contribution in [0.15, 0.2) is 40.9 Å². The lowest BCUT2D eigenvalue weighted by Gasteiger charge is -2.20. The number of carbonyl (C=O) groups excluding carboxylic acids is 1. The monoisotopic (exact) mass is 431 g/mol. The van der Waals surface area contributed by atoms with Gasteiger partial charge >= 0.3 is 5.97 Å². The van der Waals surface area contributed by atoms with Gasteiger partial charge in [0.25, 0.3) is 0 Å². The topological polar surface area (TPSA) is 47.6 Å². The highest BCUT2D eigenvalue weighted by Gasteiger charge is 2.26. The highest BCUT2D eigenvalue weighted by molar-refractivity contribution is 9.10. The van der Waals surface area contributed by atoms with E-state index in [1.807, 2.05) is 31.2 Å². The molecule has 2 aromatic rings. The molecular weight excluding hydrogens is 406 g/mol. The highest BCUT2D eigenvalue weighted by atomic mass is 79.9. The van der Waals surface area contributed by atoms with E-state index in [-0.39, 0.29) is 6.04 Å². The molecule has 4 nitrogen and oxygen atoms in total. The van der Waals surface area contributed by atoms with Gasteiger partial charge in [-0.15, -0.1) is 0 Å². The lowest BCUT2D eigenvalue weighted by atomic mass is 9.98. The Morgan fingerprint density at radius 1 is 1.30 bits per heavy atom. The molecule has 5 heteroatoms. The molecule has 0 aliphatic carbocycles. The summed E-state index contributed by atoms with van der Waals surface area (Å²) >= 11 is 3.71. The molecule has 3 rings (SSSR count). The number of benzene rings is 2. The van der Waals surface area contributed by atoms with Crippen molar-refractivity contribution in [1.29, 1.82) is 0 Å². The second kappa shape index (κ2) is 9.38. The minimum absolute atomic E-state index is 0.283. The third-order valence-corrected chi connectivity index (χ3v) is 5.89. The van der Waals surface area contributed by atoms with Gasteiger partial charge in [0.2, 0.25) is 0 Å². The predicted molar refractivity (Wildman–Crippen MR) is 111 cm³/mol. The molecular formula is C22H26BrNO3. The Hall–Kier alpha value is -1.85. The molecule has 1 heterocycles. The van der Waals surface area contributed by atoms with Crippen LogP contribution in [-0.2, 0) is 0 Å². The lowest BCUT2D eigenvalue weighted by Crippen LogP contribution is -2.18. The van der Waals surface area contributed by atoms with Crippen molar-refractivity contribution in [2.24, 2.45) is 0 Å². The molecule has 0 aromatic heterocycles. The first-order valence-corrected chi connectivity index (χ1v) is 10.4. The first-order chi connectivity index (χ1) is 13.1. The van der Waals surface area contributed by atoms with Crippen molar-refractivity contribution in [3.63, 3.8) is 0 Å². The van der Waals surface area contributed by atoms with Crippen LogP contribution >= 0.6 is 15.9 Å². The summed E-state index contributed by atoms with van der Waals surface area (Å²) in [6.07, 6.45) is 4.22. The molecule has 2 aromatic carbocycles. The molecule has 0 bridgehead atoms. The maximum Gasteiger partial charge on any atom is 0.347 e.